The zero-order valence-corrected chi connectivity index (χ0v) is 12.7. The molecule has 0 aliphatic carbocycles. The minimum absolute atomic E-state index is 0.492. The number of benzene rings is 1. The lowest BCUT2D eigenvalue weighted by molar-refractivity contribution is 0.415. The Balaban J connectivity index is 2.18. The molecule has 102 valence electrons. The quantitative estimate of drug-likeness (QED) is 0.905. The highest BCUT2D eigenvalue weighted by Gasteiger charge is 2.09. The maximum absolute atomic E-state index is 5.17. The predicted octanol–water partition coefficient (Wildman–Crippen LogP) is 3.63. The van der Waals surface area contributed by atoms with E-state index in [4.69, 9.17) is 4.74 Å². The van der Waals surface area contributed by atoms with E-state index in [1.807, 2.05) is 12.1 Å². The summed E-state index contributed by atoms with van der Waals surface area (Å²) in [4.78, 5) is 5.96. The van der Waals surface area contributed by atoms with Crippen LogP contribution >= 0.6 is 11.3 Å². The molecule has 0 bridgehead atoms. The van der Waals surface area contributed by atoms with Gasteiger partial charge in [-0.15, -0.1) is 11.3 Å². The van der Waals surface area contributed by atoms with E-state index in [0.29, 0.717) is 6.04 Å². The first-order valence-electron chi connectivity index (χ1n) is 6.44. The van der Waals surface area contributed by atoms with Crippen LogP contribution in [0.2, 0.25) is 0 Å². The van der Waals surface area contributed by atoms with Crippen LogP contribution < -0.4 is 10.1 Å². The largest absolute Gasteiger partial charge is 0.497 e. The zero-order valence-electron chi connectivity index (χ0n) is 11.9. The highest BCUT2D eigenvalue weighted by atomic mass is 32.1. The molecule has 0 aliphatic rings. The van der Waals surface area contributed by atoms with Crippen molar-refractivity contribution < 1.29 is 4.74 Å². The van der Waals surface area contributed by atoms with Crippen LogP contribution in [0.5, 0.6) is 5.75 Å². The minimum Gasteiger partial charge on any atom is -0.497 e. The Hall–Kier alpha value is -1.39. The summed E-state index contributed by atoms with van der Waals surface area (Å²) < 4.78 is 5.17. The molecule has 0 saturated carbocycles. The minimum atomic E-state index is 0.492. The van der Waals surface area contributed by atoms with E-state index in [0.717, 1.165) is 28.6 Å². The summed E-state index contributed by atoms with van der Waals surface area (Å²) in [5, 5.41) is 4.51. The SMILES string of the molecule is COc1ccc(-c2nc(C)c(CNC(C)C)s2)cc1. The van der Waals surface area contributed by atoms with Crippen molar-refractivity contribution in [1.29, 1.82) is 0 Å². The molecule has 2 rings (SSSR count). The standard InChI is InChI=1S/C15H20N2OS/c1-10(2)16-9-14-11(3)17-15(19-14)12-5-7-13(18-4)8-6-12/h5-8,10,16H,9H2,1-4H3. The fourth-order valence-corrected chi connectivity index (χ4v) is 2.76. The third-order valence-corrected chi connectivity index (χ3v) is 4.11. The highest BCUT2D eigenvalue weighted by Crippen LogP contribution is 2.29. The first-order chi connectivity index (χ1) is 9.10. The van der Waals surface area contributed by atoms with E-state index in [9.17, 15) is 0 Å². The molecular formula is C15H20N2OS. The molecule has 0 amide bonds. The lowest BCUT2D eigenvalue weighted by Gasteiger charge is -2.05. The Kier molecular flexibility index (Phi) is 4.56. The monoisotopic (exact) mass is 276 g/mol. The lowest BCUT2D eigenvalue weighted by Crippen LogP contribution is -2.21. The van der Waals surface area contributed by atoms with E-state index in [2.05, 4.69) is 43.2 Å². The first-order valence-corrected chi connectivity index (χ1v) is 7.26. The summed E-state index contributed by atoms with van der Waals surface area (Å²) in [5.41, 5.74) is 2.26. The summed E-state index contributed by atoms with van der Waals surface area (Å²) >= 11 is 1.75. The Bertz CT molecular complexity index is 532. The molecule has 4 heteroatoms. The van der Waals surface area contributed by atoms with E-state index in [-0.39, 0.29) is 0 Å². The molecule has 0 atom stereocenters. The molecule has 1 aromatic heterocycles. The Morgan fingerprint density at radius 3 is 2.53 bits per heavy atom. The van der Waals surface area contributed by atoms with Crippen LogP contribution in [0, 0.1) is 6.92 Å². The highest BCUT2D eigenvalue weighted by molar-refractivity contribution is 7.15. The molecule has 1 N–H and O–H groups in total. The van der Waals surface area contributed by atoms with Gasteiger partial charge in [0.15, 0.2) is 0 Å². The van der Waals surface area contributed by atoms with Crippen molar-refractivity contribution in [2.24, 2.45) is 0 Å². The van der Waals surface area contributed by atoms with Crippen molar-refractivity contribution in [2.45, 2.75) is 33.4 Å². The summed E-state index contributed by atoms with van der Waals surface area (Å²) in [6.45, 7) is 7.26. The second kappa shape index (κ2) is 6.17. The number of hydrogen-bond donors (Lipinski definition) is 1. The summed E-state index contributed by atoms with van der Waals surface area (Å²) in [6, 6.07) is 8.54. The third-order valence-electron chi connectivity index (χ3n) is 2.90. The molecule has 0 saturated heterocycles. The van der Waals surface area contributed by atoms with Crippen LogP contribution in [-0.4, -0.2) is 18.1 Å². The van der Waals surface area contributed by atoms with Gasteiger partial charge in [-0.05, 0) is 31.2 Å². The second-order valence-corrected chi connectivity index (χ2v) is 5.88. The second-order valence-electron chi connectivity index (χ2n) is 4.79. The number of thiazole rings is 1. The van der Waals surface area contributed by atoms with E-state index < -0.39 is 0 Å². The molecule has 3 nitrogen and oxygen atoms in total. The molecule has 19 heavy (non-hydrogen) atoms. The number of aromatic nitrogens is 1. The normalized spacial score (nSPS) is 11.0. The third kappa shape index (κ3) is 3.55. The van der Waals surface area contributed by atoms with Crippen LogP contribution in [0.1, 0.15) is 24.4 Å². The van der Waals surface area contributed by atoms with Gasteiger partial charge in [-0.25, -0.2) is 4.98 Å². The van der Waals surface area contributed by atoms with E-state index >= 15 is 0 Å². The van der Waals surface area contributed by atoms with Crippen molar-refractivity contribution >= 4 is 11.3 Å². The van der Waals surface area contributed by atoms with Gasteiger partial charge in [0.2, 0.25) is 0 Å². The predicted molar refractivity (Wildman–Crippen MR) is 80.8 cm³/mol. The van der Waals surface area contributed by atoms with Gasteiger partial charge >= 0.3 is 0 Å². The van der Waals surface area contributed by atoms with Crippen LogP contribution in [0.25, 0.3) is 10.6 Å². The molecule has 1 aromatic carbocycles. The number of rotatable bonds is 5. The first kappa shape index (κ1) is 14.0. The van der Waals surface area contributed by atoms with Crippen molar-refractivity contribution in [2.75, 3.05) is 7.11 Å². The maximum Gasteiger partial charge on any atom is 0.123 e. The zero-order chi connectivity index (χ0) is 13.8. The number of methoxy groups -OCH3 is 1. The van der Waals surface area contributed by atoms with Crippen LogP contribution in [-0.2, 0) is 6.54 Å². The number of hydrogen-bond acceptors (Lipinski definition) is 4. The van der Waals surface area contributed by atoms with Crippen LogP contribution in [0.15, 0.2) is 24.3 Å². The fraction of sp³-hybridized carbons (Fsp3) is 0.400. The van der Waals surface area contributed by atoms with E-state index in [1.54, 1.807) is 18.4 Å². The molecular weight excluding hydrogens is 256 g/mol. The van der Waals surface area contributed by atoms with Crippen molar-refractivity contribution in [1.82, 2.24) is 10.3 Å². The molecule has 1 heterocycles. The van der Waals surface area contributed by atoms with Crippen LogP contribution in [0.4, 0.5) is 0 Å². The molecule has 0 unspecified atom stereocenters. The summed E-state index contributed by atoms with van der Waals surface area (Å²) in [6.07, 6.45) is 0. The number of nitrogens with one attached hydrogen (secondary N) is 1. The Labute approximate surface area is 118 Å². The molecule has 0 radical (unpaired) electrons. The van der Waals surface area contributed by atoms with Gasteiger partial charge in [-0.3, -0.25) is 0 Å². The average Bonchev–Trinajstić information content (AvgIpc) is 2.78. The molecule has 0 spiro atoms. The number of nitrogens with zero attached hydrogens (tertiary/aromatic N) is 1. The number of aryl methyl sites for hydroxylation is 1. The molecule has 0 fully saturated rings. The smallest absolute Gasteiger partial charge is 0.123 e. The Morgan fingerprint density at radius 1 is 1.26 bits per heavy atom. The van der Waals surface area contributed by atoms with Gasteiger partial charge in [0, 0.05) is 23.0 Å². The van der Waals surface area contributed by atoms with Gasteiger partial charge < -0.3 is 10.1 Å². The summed E-state index contributed by atoms with van der Waals surface area (Å²) in [7, 11) is 1.68. The van der Waals surface area contributed by atoms with Gasteiger partial charge in [0.05, 0.1) is 12.8 Å². The average molecular weight is 276 g/mol. The van der Waals surface area contributed by atoms with Gasteiger partial charge in [0.1, 0.15) is 10.8 Å². The fourth-order valence-electron chi connectivity index (χ4n) is 1.75. The lowest BCUT2D eigenvalue weighted by atomic mass is 10.2. The maximum atomic E-state index is 5.17. The molecule has 2 aromatic rings. The van der Waals surface area contributed by atoms with Crippen molar-refractivity contribution in [3.8, 4) is 16.3 Å². The summed E-state index contributed by atoms with van der Waals surface area (Å²) in [5.74, 6) is 0.874. The van der Waals surface area contributed by atoms with Crippen molar-refractivity contribution in [3.05, 3.63) is 34.8 Å². The van der Waals surface area contributed by atoms with Gasteiger partial charge in [-0.2, -0.15) is 0 Å². The van der Waals surface area contributed by atoms with Crippen molar-refractivity contribution in [3.63, 3.8) is 0 Å². The van der Waals surface area contributed by atoms with Gasteiger partial charge in [-0.1, -0.05) is 13.8 Å². The van der Waals surface area contributed by atoms with E-state index in [1.165, 1.54) is 4.88 Å². The topological polar surface area (TPSA) is 34.1 Å². The Morgan fingerprint density at radius 2 is 1.95 bits per heavy atom. The number of ether oxygens (including phenoxy) is 1. The van der Waals surface area contributed by atoms with Crippen LogP contribution in [0.3, 0.4) is 0 Å². The van der Waals surface area contributed by atoms with Gasteiger partial charge in [0.25, 0.3) is 0 Å². The molecule has 0 aliphatic heterocycles.